The number of hydrogen-bond acceptors (Lipinski definition) is 13. The molecule has 1 unspecified atom stereocenters. The second kappa shape index (κ2) is 9.59. The van der Waals surface area contributed by atoms with Crippen LogP contribution in [0.25, 0.3) is 0 Å². The summed E-state index contributed by atoms with van der Waals surface area (Å²) in [7, 11) is 0. The van der Waals surface area contributed by atoms with E-state index in [1.54, 1.807) is 0 Å². The van der Waals surface area contributed by atoms with Gasteiger partial charge in [0.25, 0.3) is 0 Å². The van der Waals surface area contributed by atoms with Crippen molar-refractivity contribution >= 4 is 11.9 Å². The van der Waals surface area contributed by atoms with Crippen LogP contribution in [0, 0.1) is 0 Å². The van der Waals surface area contributed by atoms with Crippen molar-refractivity contribution in [1.29, 1.82) is 0 Å². The fourth-order valence-electron chi connectivity index (χ4n) is 3.13. The number of carbonyl (C=O) groups excluding carboxylic acids is 2. The minimum atomic E-state index is -2.31. The summed E-state index contributed by atoms with van der Waals surface area (Å²) in [5.41, 5.74) is 0. The molecule has 0 aliphatic carbocycles. The number of aliphatic hydroxyl groups excluding tert-OH is 6. The molecule has 2 aliphatic heterocycles. The number of esters is 2. The van der Waals surface area contributed by atoms with Gasteiger partial charge in [0.05, 0.1) is 6.61 Å². The highest BCUT2D eigenvalue weighted by atomic mass is 16.8. The lowest BCUT2D eigenvalue weighted by atomic mass is 9.99. The first-order chi connectivity index (χ1) is 13.6. The summed E-state index contributed by atoms with van der Waals surface area (Å²) in [6.45, 7) is -0.0177. The third kappa shape index (κ3) is 5.02. The first kappa shape index (κ1) is 23.9. The maximum absolute atomic E-state index is 11.4. The minimum absolute atomic E-state index is 0.454. The van der Waals surface area contributed by atoms with Crippen molar-refractivity contribution in [1.82, 2.24) is 0 Å². The standard InChI is InChI=1S/C16H26O13/c1-6(19)25-4-9-13(26-7(2)20)14(24)16(5-18,28-9)29-15-12(23)11(22)10(21)8(3-17)27-15/h8-15,17-18,21-24H,3-5H2,1-2H3/t8-,9-,10-,11+,12-,13-,14+,15+,16?/m1/s1. The zero-order valence-electron chi connectivity index (χ0n) is 15.8. The molecule has 168 valence electrons. The van der Waals surface area contributed by atoms with Crippen molar-refractivity contribution < 1.29 is 63.9 Å². The van der Waals surface area contributed by atoms with E-state index in [0.29, 0.717) is 0 Å². The maximum Gasteiger partial charge on any atom is 0.303 e. The van der Waals surface area contributed by atoms with Crippen LogP contribution in [-0.2, 0) is 33.3 Å². The van der Waals surface area contributed by atoms with Gasteiger partial charge in [0.15, 0.2) is 12.4 Å². The summed E-state index contributed by atoms with van der Waals surface area (Å²) in [5, 5.41) is 59.5. The largest absolute Gasteiger partial charge is 0.463 e. The minimum Gasteiger partial charge on any atom is -0.463 e. The van der Waals surface area contributed by atoms with E-state index in [4.69, 9.17) is 23.7 Å². The molecule has 6 N–H and O–H groups in total. The van der Waals surface area contributed by atoms with Gasteiger partial charge in [-0.15, -0.1) is 0 Å². The molecular formula is C16H26O13. The van der Waals surface area contributed by atoms with Gasteiger partial charge in [-0.25, -0.2) is 0 Å². The molecule has 0 saturated carbocycles. The van der Waals surface area contributed by atoms with Crippen LogP contribution < -0.4 is 0 Å². The molecule has 0 amide bonds. The fraction of sp³-hybridized carbons (Fsp3) is 0.875. The van der Waals surface area contributed by atoms with Crippen LogP contribution in [0.2, 0.25) is 0 Å². The fourth-order valence-corrected chi connectivity index (χ4v) is 3.13. The van der Waals surface area contributed by atoms with Crippen molar-refractivity contribution in [3.05, 3.63) is 0 Å². The lowest BCUT2D eigenvalue weighted by molar-refractivity contribution is -0.383. The van der Waals surface area contributed by atoms with E-state index in [2.05, 4.69) is 0 Å². The number of ether oxygens (including phenoxy) is 5. The Hall–Kier alpha value is -1.42. The molecular weight excluding hydrogens is 400 g/mol. The Morgan fingerprint density at radius 1 is 0.966 bits per heavy atom. The van der Waals surface area contributed by atoms with E-state index in [1.165, 1.54) is 0 Å². The molecule has 0 aromatic rings. The van der Waals surface area contributed by atoms with Gasteiger partial charge in [-0.1, -0.05) is 0 Å². The van der Waals surface area contributed by atoms with Crippen molar-refractivity contribution in [3.8, 4) is 0 Å². The molecule has 0 aromatic heterocycles. The van der Waals surface area contributed by atoms with Gasteiger partial charge >= 0.3 is 11.9 Å². The monoisotopic (exact) mass is 426 g/mol. The van der Waals surface area contributed by atoms with Crippen LogP contribution >= 0.6 is 0 Å². The molecule has 2 heterocycles. The van der Waals surface area contributed by atoms with Crippen LogP contribution in [0.3, 0.4) is 0 Å². The van der Waals surface area contributed by atoms with Gasteiger partial charge in [0.2, 0.25) is 5.79 Å². The third-order valence-corrected chi connectivity index (χ3v) is 4.62. The van der Waals surface area contributed by atoms with Gasteiger partial charge in [-0.05, 0) is 0 Å². The molecule has 2 rings (SSSR count). The molecule has 0 aromatic carbocycles. The Bertz CT molecular complexity index is 583. The molecule has 0 spiro atoms. The summed E-state index contributed by atoms with van der Waals surface area (Å²) < 4.78 is 25.9. The average Bonchev–Trinajstić information content (AvgIpc) is 2.92. The zero-order valence-corrected chi connectivity index (χ0v) is 15.8. The highest BCUT2D eigenvalue weighted by Crippen LogP contribution is 2.37. The topological polar surface area (TPSA) is 202 Å². The molecule has 2 aliphatic rings. The van der Waals surface area contributed by atoms with Crippen LogP contribution in [0.4, 0.5) is 0 Å². The summed E-state index contributed by atoms with van der Waals surface area (Å²) >= 11 is 0. The molecule has 0 bridgehead atoms. The van der Waals surface area contributed by atoms with E-state index < -0.39 is 86.6 Å². The average molecular weight is 426 g/mol. The Labute approximate surface area is 165 Å². The predicted octanol–water partition coefficient (Wildman–Crippen LogP) is -4.25. The summed E-state index contributed by atoms with van der Waals surface area (Å²) in [6, 6.07) is 0. The van der Waals surface area contributed by atoms with Gasteiger partial charge in [-0.3, -0.25) is 9.59 Å². The molecule has 13 nitrogen and oxygen atoms in total. The van der Waals surface area contributed by atoms with Crippen LogP contribution in [0.1, 0.15) is 13.8 Å². The van der Waals surface area contributed by atoms with Crippen LogP contribution in [0.15, 0.2) is 0 Å². The predicted molar refractivity (Wildman–Crippen MR) is 87.7 cm³/mol. The summed E-state index contributed by atoms with van der Waals surface area (Å²) in [5.74, 6) is -3.79. The van der Waals surface area contributed by atoms with E-state index >= 15 is 0 Å². The SMILES string of the molecule is CC(=O)OC[C@H]1OC(CO)(O[C@@H]2O[C@H](CO)[C@@H](O)[C@H](O)[C@H]2O)[C@@H](O)[C@@H]1OC(C)=O. The summed E-state index contributed by atoms with van der Waals surface area (Å²) in [4.78, 5) is 22.5. The number of rotatable bonds is 7. The second-order valence-corrected chi connectivity index (χ2v) is 6.76. The number of hydrogen-bond donors (Lipinski definition) is 6. The smallest absolute Gasteiger partial charge is 0.303 e. The van der Waals surface area contributed by atoms with E-state index in [9.17, 15) is 40.2 Å². The lowest BCUT2D eigenvalue weighted by Crippen LogP contribution is -2.62. The van der Waals surface area contributed by atoms with E-state index in [1.807, 2.05) is 0 Å². The molecule has 2 fully saturated rings. The molecule has 13 heteroatoms. The first-order valence-electron chi connectivity index (χ1n) is 8.82. The normalized spacial score (nSPS) is 42.5. The Morgan fingerprint density at radius 2 is 1.62 bits per heavy atom. The van der Waals surface area contributed by atoms with E-state index in [-0.39, 0.29) is 0 Å². The lowest BCUT2D eigenvalue weighted by Gasteiger charge is -2.43. The van der Waals surface area contributed by atoms with Crippen molar-refractivity contribution in [2.75, 3.05) is 19.8 Å². The number of carbonyl (C=O) groups is 2. The number of aliphatic hydroxyl groups is 6. The van der Waals surface area contributed by atoms with Crippen LogP contribution in [0.5, 0.6) is 0 Å². The molecule has 29 heavy (non-hydrogen) atoms. The van der Waals surface area contributed by atoms with E-state index in [0.717, 1.165) is 13.8 Å². The van der Waals surface area contributed by atoms with Crippen LogP contribution in [-0.4, -0.2) is 117 Å². The van der Waals surface area contributed by atoms with Gasteiger partial charge in [0, 0.05) is 13.8 Å². The van der Waals surface area contributed by atoms with Gasteiger partial charge in [0.1, 0.15) is 49.8 Å². The molecule has 2 saturated heterocycles. The maximum atomic E-state index is 11.4. The quantitative estimate of drug-likeness (QED) is 0.214. The van der Waals surface area contributed by atoms with Crippen molar-refractivity contribution in [2.45, 2.75) is 68.7 Å². The molecule has 0 radical (unpaired) electrons. The summed E-state index contributed by atoms with van der Waals surface area (Å²) in [6.07, 6.45) is -12.8. The Balaban J connectivity index is 2.25. The van der Waals surface area contributed by atoms with Crippen molar-refractivity contribution in [3.63, 3.8) is 0 Å². The zero-order chi connectivity index (χ0) is 21.9. The van der Waals surface area contributed by atoms with Crippen molar-refractivity contribution in [2.24, 2.45) is 0 Å². The first-order valence-corrected chi connectivity index (χ1v) is 8.82. The Kier molecular flexibility index (Phi) is 7.89. The molecule has 9 atom stereocenters. The van der Waals surface area contributed by atoms with Gasteiger partial charge < -0.3 is 54.3 Å². The highest BCUT2D eigenvalue weighted by Gasteiger charge is 2.60. The highest BCUT2D eigenvalue weighted by molar-refractivity contribution is 5.66. The van der Waals surface area contributed by atoms with Gasteiger partial charge in [-0.2, -0.15) is 0 Å². The third-order valence-electron chi connectivity index (χ3n) is 4.62. The Morgan fingerprint density at radius 3 is 2.14 bits per heavy atom. The second-order valence-electron chi connectivity index (χ2n) is 6.76.